The van der Waals surface area contributed by atoms with E-state index in [4.69, 9.17) is 5.73 Å². The summed E-state index contributed by atoms with van der Waals surface area (Å²) in [5, 5.41) is 5.83. The lowest BCUT2D eigenvalue weighted by Crippen LogP contribution is -2.37. The SMILES string of the molecule is Cc1cnc(NCCNC(=O)N(C)C)cc1N. The summed E-state index contributed by atoms with van der Waals surface area (Å²) < 4.78 is 0. The number of nitrogens with two attached hydrogens (primary N) is 1. The smallest absolute Gasteiger partial charge is 0.316 e. The Morgan fingerprint density at radius 1 is 1.47 bits per heavy atom. The predicted octanol–water partition coefficient (Wildman–Crippen LogP) is 0.655. The van der Waals surface area contributed by atoms with Crippen LogP contribution in [0, 0.1) is 6.92 Å². The molecule has 0 spiro atoms. The first-order chi connectivity index (χ1) is 8.00. The molecule has 17 heavy (non-hydrogen) atoms. The highest BCUT2D eigenvalue weighted by molar-refractivity contribution is 5.73. The molecule has 4 N–H and O–H groups in total. The van der Waals surface area contributed by atoms with Crippen molar-refractivity contribution in [1.29, 1.82) is 0 Å². The van der Waals surface area contributed by atoms with Crippen molar-refractivity contribution < 1.29 is 4.79 Å². The van der Waals surface area contributed by atoms with Crippen LogP contribution in [0.4, 0.5) is 16.3 Å². The molecule has 1 heterocycles. The normalized spacial score (nSPS) is 9.82. The van der Waals surface area contributed by atoms with Crippen LogP contribution in [-0.2, 0) is 0 Å². The average Bonchev–Trinajstić information content (AvgIpc) is 2.28. The third-order valence-electron chi connectivity index (χ3n) is 2.26. The van der Waals surface area contributed by atoms with Gasteiger partial charge < -0.3 is 21.3 Å². The largest absolute Gasteiger partial charge is 0.398 e. The Kier molecular flexibility index (Phi) is 4.56. The Hall–Kier alpha value is -1.98. The molecule has 1 rings (SSSR count). The number of pyridine rings is 1. The number of anilines is 2. The number of amides is 2. The highest BCUT2D eigenvalue weighted by atomic mass is 16.2. The van der Waals surface area contributed by atoms with Gasteiger partial charge in [-0.2, -0.15) is 0 Å². The van der Waals surface area contributed by atoms with E-state index < -0.39 is 0 Å². The number of hydrogen-bond donors (Lipinski definition) is 3. The van der Waals surface area contributed by atoms with Crippen molar-refractivity contribution in [2.24, 2.45) is 0 Å². The van der Waals surface area contributed by atoms with Crippen LogP contribution in [0.15, 0.2) is 12.3 Å². The molecule has 0 saturated carbocycles. The summed E-state index contributed by atoms with van der Waals surface area (Å²) in [6.45, 7) is 3.05. The summed E-state index contributed by atoms with van der Waals surface area (Å²) in [5.74, 6) is 0.715. The number of hydrogen-bond acceptors (Lipinski definition) is 4. The number of carbonyl (C=O) groups is 1. The summed E-state index contributed by atoms with van der Waals surface area (Å²) >= 11 is 0. The van der Waals surface area contributed by atoms with Gasteiger partial charge in [0, 0.05) is 45.1 Å². The van der Waals surface area contributed by atoms with Crippen LogP contribution < -0.4 is 16.4 Å². The third kappa shape index (κ3) is 4.18. The second-order valence-electron chi connectivity index (χ2n) is 3.98. The van der Waals surface area contributed by atoms with Gasteiger partial charge >= 0.3 is 6.03 Å². The molecule has 0 saturated heterocycles. The zero-order valence-electron chi connectivity index (χ0n) is 10.4. The standard InChI is InChI=1S/C11H19N5O/c1-8-7-15-10(6-9(8)12)13-4-5-14-11(17)16(2)3/h6-7H,4-5H2,1-3H3,(H,14,17)(H3,12,13,15). The molecule has 6 nitrogen and oxygen atoms in total. The van der Waals surface area contributed by atoms with Crippen molar-refractivity contribution in [3.05, 3.63) is 17.8 Å². The summed E-state index contributed by atoms with van der Waals surface area (Å²) in [6, 6.07) is 1.67. The van der Waals surface area contributed by atoms with Gasteiger partial charge in [0.25, 0.3) is 0 Å². The Morgan fingerprint density at radius 2 is 2.18 bits per heavy atom. The van der Waals surface area contributed by atoms with E-state index in [9.17, 15) is 4.79 Å². The topological polar surface area (TPSA) is 83.3 Å². The maximum atomic E-state index is 11.2. The van der Waals surface area contributed by atoms with Crippen molar-refractivity contribution in [3.8, 4) is 0 Å². The minimum Gasteiger partial charge on any atom is -0.398 e. The fraction of sp³-hybridized carbons (Fsp3) is 0.455. The van der Waals surface area contributed by atoms with Crippen LogP contribution in [0.2, 0.25) is 0 Å². The second-order valence-corrected chi connectivity index (χ2v) is 3.98. The van der Waals surface area contributed by atoms with Gasteiger partial charge in [0.15, 0.2) is 0 Å². The van der Waals surface area contributed by atoms with Crippen molar-refractivity contribution >= 4 is 17.5 Å². The molecular weight excluding hydrogens is 218 g/mol. The fourth-order valence-corrected chi connectivity index (χ4v) is 1.15. The van der Waals surface area contributed by atoms with Gasteiger partial charge in [0.1, 0.15) is 5.82 Å². The van der Waals surface area contributed by atoms with Crippen molar-refractivity contribution in [3.63, 3.8) is 0 Å². The fourth-order valence-electron chi connectivity index (χ4n) is 1.15. The van der Waals surface area contributed by atoms with Gasteiger partial charge in [-0.3, -0.25) is 0 Å². The Morgan fingerprint density at radius 3 is 2.76 bits per heavy atom. The van der Waals surface area contributed by atoms with Crippen LogP contribution in [0.25, 0.3) is 0 Å². The van der Waals surface area contributed by atoms with Gasteiger partial charge in [-0.05, 0) is 12.5 Å². The van der Waals surface area contributed by atoms with Gasteiger partial charge in [-0.25, -0.2) is 9.78 Å². The number of nitrogens with one attached hydrogen (secondary N) is 2. The first-order valence-corrected chi connectivity index (χ1v) is 5.42. The molecule has 0 radical (unpaired) electrons. The number of urea groups is 1. The highest BCUT2D eigenvalue weighted by Crippen LogP contribution is 2.12. The molecule has 0 aliphatic carbocycles. The molecule has 1 aromatic heterocycles. The Labute approximate surface area is 101 Å². The van der Waals surface area contributed by atoms with E-state index in [1.54, 1.807) is 26.4 Å². The Balaban J connectivity index is 2.31. The molecule has 94 valence electrons. The lowest BCUT2D eigenvalue weighted by atomic mass is 10.2. The maximum absolute atomic E-state index is 11.2. The molecular formula is C11H19N5O. The summed E-state index contributed by atoms with van der Waals surface area (Å²) in [6.07, 6.45) is 1.72. The first kappa shape index (κ1) is 13.1. The number of aryl methyl sites for hydroxylation is 1. The summed E-state index contributed by atoms with van der Waals surface area (Å²) in [5.41, 5.74) is 7.42. The molecule has 6 heteroatoms. The maximum Gasteiger partial charge on any atom is 0.316 e. The van der Waals surface area contributed by atoms with Gasteiger partial charge in [-0.15, -0.1) is 0 Å². The quantitative estimate of drug-likeness (QED) is 0.672. The van der Waals surface area contributed by atoms with E-state index >= 15 is 0 Å². The molecule has 0 bridgehead atoms. The zero-order valence-corrected chi connectivity index (χ0v) is 10.4. The molecule has 0 aromatic carbocycles. The average molecular weight is 237 g/mol. The minimum atomic E-state index is -0.108. The zero-order chi connectivity index (χ0) is 12.8. The summed E-state index contributed by atoms with van der Waals surface area (Å²) in [4.78, 5) is 16.9. The van der Waals surface area contributed by atoms with E-state index in [0.717, 1.165) is 5.56 Å². The van der Waals surface area contributed by atoms with E-state index in [0.29, 0.717) is 24.6 Å². The lowest BCUT2D eigenvalue weighted by molar-refractivity contribution is 0.218. The molecule has 2 amide bonds. The van der Waals surface area contributed by atoms with Gasteiger partial charge in [-0.1, -0.05) is 0 Å². The third-order valence-corrected chi connectivity index (χ3v) is 2.26. The number of carbonyl (C=O) groups excluding carboxylic acids is 1. The molecule has 0 aliphatic rings. The lowest BCUT2D eigenvalue weighted by Gasteiger charge is -2.12. The van der Waals surface area contributed by atoms with Gasteiger partial charge in [0.05, 0.1) is 0 Å². The summed E-state index contributed by atoms with van der Waals surface area (Å²) in [7, 11) is 3.40. The van der Waals surface area contributed by atoms with Crippen molar-refractivity contribution in [2.75, 3.05) is 38.2 Å². The highest BCUT2D eigenvalue weighted by Gasteiger charge is 2.01. The van der Waals surface area contributed by atoms with Crippen molar-refractivity contribution in [1.82, 2.24) is 15.2 Å². The minimum absolute atomic E-state index is 0.108. The predicted molar refractivity (Wildman–Crippen MR) is 69.0 cm³/mol. The molecule has 1 aromatic rings. The Bertz CT molecular complexity index is 391. The van der Waals surface area contributed by atoms with E-state index in [2.05, 4.69) is 15.6 Å². The second kappa shape index (κ2) is 5.93. The monoisotopic (exact) mass is 237 g/mol. The van der Waals surface area contributed by atoms with Crippen LogP contribution in [-0.4, -0.2) is 43.1 Å². The first-order valence-electron chi connectivity index (χ1n) is 5.42. The van der Waals surface area contributed by atoms with E-state index in [1.807, 2.05) is 6.92 Å². The van der Waals surface area contributed by atoms with Crippen LogP contribution in [0.5, 0.6) is 0 Å². The van der Waals surface area contributed by atoms with E-state index in [-0.39, 0.29) is 6.03 Å². The van der Waals surface area contributed by atoms with Gasteiger partial charge in [0.2, 0.25) is 0 Å². The molecule has 0 unspecified atom stereocenters. The number of rotatable bonds is 4. The van der Waals surface area contributed by atoms with Crippen LogP contribution >= 0.6 is 0 Å². The van der Waals surface area contributed by atoms with Crippen LogP contribution in [0.1, 0.15) is 5.56 Å². The number of nitrogens with zero attached hydrogens (tertiary/aromatic N) is 2. The van der Waals surface area contributed by atoms with Crippen LogP contribution in [0.3, 0.4) is 0 Å². The number of nitrogen functional groups attached to an aromatic ring is 1. The van der Waals surface area contributed by atoms with Crippen molar-refractivity contribution in [2.45, 2.75) is 6.92 Å². The van der Waals surface area contributed by atoms with E-state index in [1.165, 1.54) is 4.90 Å². The molecule has 0 atom stereocenters. The molecule has 0 fully saturated rings. The molecule has 0 aliphatic heterocycles. The number of aromatic nitrogens is 1.